The molecule has 4 aromatic rings. The lowest BCUT2D eigenvalue weighted by Crippen LogP contribution is -2.23. The molecule has 0 aliphatic rings. The molecule has 0 fully saturated rings. The van der Waals surface area contributed by atoms with Crippen LogP contribution in [0.5, 0.6) is 0 Å². The van der Waals surface area contributed by atoms with E-state index in [9.17, 15) is 4.79 Å². The highest BCUT2D eigenvalue weighted by atomic mass is 16.5. The van der Waals surface area contributed by atoms with Crippen LogP contribution in [0.2, 0.25) is 0 Å². The molecular weight excluding hydrogens is 354 g/mol. The molecule has 2 heterocycles. The smallest absolute Gasteiger partial charge is 0.274 e. The minimum atomic E-state index is -0.312. The topological polar surface area (TPSA) is 85.8 Å². The minimum absolute atomic E-state index is 0.218. The lowest BCUT2D eigenvalue weighted by Gasteiger charge is -2.04. The van der Waals surface area contributed by atoms with Gasteiger partial charge in [-0.05, 0) is 26.0 Å². The molecule has 0 bridgehead atoms. The van der Waals surface area contributed by atoms with Gasteiger partial charge in [-0.15, -0.1) is 5.10 Å². The van der Waals surface area contributed by atoms with Crippen LogP contribution in [0.1, 0.15) is 27.5 Å². The molecule has 7 nitrogen and oxygen atoms in total. The molecule has 0 saturated heterocycles. The Hall–Kier alpha value is -3.74. The maximum atomic E-state index is 12.5. The van der Waals surface area contributed by atoms with Crippen LogP contribution in [0.3, 0.4) is 0 Å². The molecule has 4 rings (SSSR count). The summed E-state index contributed by atoms with van der Waals surface area (Å²) in [6, 6.07) is 19.4. The van der Waals surface area contributed by atoms with Crippen molar-refractivity contribution in [3.63, 3.8) is 0 Å². The highest BCUT2D eigenvalue weighted by molar-refractivity contribution is 5.93. The molecule has 28 heavy (non-hydrogen) atoms. The predicted molar refractivity (Wildman–Crippen MR) is 104 cm³/mol. The Morgan fingerprint density at radius 3 is 2.57 bits per heavy atom. The highest BCUT2D eigenvalue weighted by Gasteiger charge is 2.18. The van der Waals surface area contributed by atoms with E-state index in [0.29, 0.717) is 11.5 Å². The fraction of sp³-hybridized carbons (Fsp3) is 0.143. The largest absolute Gasteiger partial charge is 0.359 e. The van der Waals surface area contributed by atoms with E-state index in [1.54, 1.807) is 4.68 Å². The molecule has 2 aromatic carbocycles. The summed E-state index contributed by atoms with van der Waals surface area (Å²) in [5.41, 5.74) is 4.65. The van der Waals surface area contributed by atoms with Gasteiger partial charge < -0.3 is 9.84 Å². The first-order valence-electron chi connectivity index (χ1n) is 8.90. The summed E-state index contributed by atoms with van der Waals surface area (Å²) in [4.78, 5) is 12.5. The number of aromatic nitrogens is 4. The van der Waals surface area contributed by atoms with Gasteiger partial charge in [-0.2, -0.15) is 0 Å². The van der Waals surface area contributed by atoms with Gasteiger partial charge in [0.2, 0.25) is 0 Å². The minimum Gasteiger partial charge on any atom is -0.359 e. The van der Waals surface area contributed by atoms with E-state index in [-0.39, 0.29) is 18.1 Å². The Morgan fingerprint density at radius 2 is 1.82 bits per heavy atom. The van der Waals surface area contributed by atoms with E-state index in [0.717, 1.165) is 22.5 Å². The molecule has 0 aliphatic heterocycles. The summed E-state index contributed by atoms with van der Waals surface area (Å²) in [5, 5.41) is 15.0. The summed E-state index contributed by atoms with van der Waals surface area (Å²) in [5.74, 6) is 0.254. The first-order valence-corrected chi connectivity index (χ1v) is 8.90. The van der Waals surface area contributed by atoms with Gasteiger partial charge in [0.15, 0.2) is 11.5 Å². The van der Waals surface area contributed by atoms with Gasteiger partial charge >= 0.3 is 0 Å². The lowest BCUT2D eigenvalue weighted by atomic mass is 10.1. The van der Waals surface area contributed by atoms with Gasteiger partial charge in [0, 0.05) is 11.6 Å². The van der Waals surface area contributed by atoms with E-state index in [2.05, 4.69) is 20.8 Å². The molecule has 0 aliphatic carbocycles. The van der Waals surface area contributed by atoms with Gasteiger partial charge in [0.1, 0.15) is 5.69 Å². The highest BCUT2D eigenvalue weighted by Crippen LogP contribution is 2.18. The number of carbonyl (C=O) groups is 1. The van der Waals surface area contributed by atoms with Crippen molar-refractivity contribution in [2.75, 3.05) is 0 Å². The first-order chi connectivity index (χ1) is 13.6. The van der Waals surface area contributed by atoms with E-state index in [1.807, 2.05) is 74.5 Å². The second kappa shape index (κ2) is 7.48. The molecule has 1 N–H and O–H groups in total. The van der Waals surface area contributed by atoms with Gasteiger partial charge in [-0.25, -0.2) is 4.68 Å². The molecule has 0 unspecified atom stereocenters. The number of hydrogen-bond acceptors (Lipinski definition) is 5. The molecule has 0 atom stereocenters. The normalized spacial score (nSPS) is 10.8. The Labute approximate surface area is 162 Å². The van der Waals surface area contributed by atoms with Crippen LogP contribution in [-0.2, 0) is 6.54 Å². The Bertz CT molecular complexity index is 1100. The number of benzene rings is 2. The van der Waals surface area contributed by atoms with Crippen LogP contribution in [-0.4, -0.2) is 26.1 Å². The van der Waals surface area contributed by atoms with E-state index >= 15 is 0 Å². The zero-order valence-corrected chi connectivity index (χ0v) is 15.6. The van der Waals surface area contributed by atoms with Crippen molar-refractivity contribution in [3.8, 4) is 16.9 Å². The average Bonchev–Trinajstić information content (AvgIpc) is 3.34. The molecule has 0 spiro atoms. The van der Waals surface area contributed by atoms with Crippen molar-refractivity contribution in [2.45, 2.75) is 20.4 Å². The monoisotopic (exact) mass is 373 g/mol. The van der Waals surface area contributed by atoms with Crippen LogP contribution < -0.4 is 5.32 Å². The van der Waals surface area contributed by atoms with Gasteiger partial charge in [-0.3, -0.25) is 4.79 Å². The molecule has 7 heteroatoms. The number of rotatable bonds is 5. The Balaban J connectivity index is 1.45. The van der Waals surface area contributed by atoms with Gasteiger partial charge in [0.05, 0.1) is 17.9 Å². The maximum Gasteiger partial charge on any atom is 0.274 e. The molecule has 1 amide bonds. The quantitative estimate of drug-likeness (QED) is 0.579. The number of nitrogens with zero attached hydrogens (tertiary/aromatic N) is 4. The van der Waals surface area contributed by atoms with E-state index in [4.69, 9.17) is 4.52 Å². The van der Waals surface area contributed by atoms with Crippen molar-refractivity contribution in [3.05, 3.63) is 83.4 Å². The summed E-state index contributed by atoms with van der Waals surface area (Å²) < 4.78 is 6.96. The van der Waals surface area contributed by atoms with Gasteiger partial charge in [0.25, 0.3) is 5.91 Å². The molecule has 140 valence electrons. The van der Waals surface area contributed by atoms with Crippen molar-refractivity contribution < 1.29 is 9.32 Å². The third-order valence-electron chi connectivity index (χ3n) is 4.44. The standard InChI is InChI=1S/C21H19N5O2/c1-14-8-10-17(11-9-14)26-15(2)20(23-25-26)21(27)22-13-18-12-19(24-28-18)16-6-4-3-5-7-16/h3-12H,13H2,1-2H3,(H,22,27). The summed E-state index contributed by atoms with van der Waals surface area (Å²) in [6.07, 6.45) is 0. The SMILES string of the molecule is Cc1ccc(-n2nnc(C(=O)NCc3cc(-c4ccccc4)no3)c2C)cc1. The van der Waals surface area contributed by atoms with Crippen molar-refractivity contribution in [1.29, 1.82) is 0 Å². The van der Waals surface area contributed by atoms with E-state index in [1.165, 1.54) is 0 Å². The Kier molecular flexibility index (Phi) is 4.72. The van der Waals surface area contributed by atoms with Crippen molar-refractivity contribution in [2.24, 2.45) is 0 Å². The summed E-state index contributed by atoms with van der Waals surface area (Å²) in [7, 11) is 0. The van der Waals surface area contributed by atoms with Gasteiger partial charge in [-0.1, -0.05) is 58.4 Å². The number of nitrogens with one attached hydrogen (secondary N) is 1. The maximum absolute atomic E-state index is 12.5. The number of amides is 1. The second-order valence-electron chi connectivity index (χ2n) is 6.50. The summed E-state index contributed by atoms with van der Waals surface area (Å²) >= 11 is 0. The van der Waals surface area contributed by atoms with Crippen LogP contribution in [0.15, 0.2) is 65.2 Å². The zero-order chi connectivity index (χ0) is 19.5. The Morgan fingerprint density at radius 1 is 1.07 bits per heavy atom. The molecule has 0 saturated carbocycles. The van der Waals surface area contributed by atoms with Crippen molar-refractivity contribution >= 4 is 5.91 Å². The van der Waals surface area contributed by atoms with E-state index < -0.39 is 0 Å². The first kappa shape index (κ1) is 17.7. The third kappa shape index (κ3) is 3.55. The predicted octanol–water partition coefficient (Wildman–Crippen LogP) is 3.47. The fourth-order valence-electron chi connectivity index (χ4n) is 2.86. The number of carbonyl (C=O) groups excluding carboxylic acids is 1. The van der Waals surface area contributed by atoms with Crippen molar-refractivity contribution in [1.82, 2.24) is 25.5 Å². The van der Waals surface area contributed by atoms with Crippen LogP contribution >= 0.6 is 0 Å². The summed E-state index contributed by atoms with van der Waals surface area (Å²) in [6.45, 7) is 4.05. The second-order valence-corrected chi connectivity index (χ2v) is 6.50. The number of aryl methyl sites for hydroxylation is 1. The van der Waals surface area contributed by atoms with Crippen LogP contribution in [0.4, 0.5) is 0 Å². The third-order valence-corrected chi connectivity index (χ3v) is 4.44. The average molecular weight is 373 g/mol. The molecule has 0 radical (unpaired) electrons. The van der Waals surface area contributed by atoms with Crippen LogP contribution in [0.25, 0.3) is 16.9 Å². The molecular formula is C21H19N5O2. The number of hydrogen-bond donors (Lipinski definition) is 1. The molecule has 2 aromatic heterocycles. The lowest BCUT2D eigenvalue weighted by molar-refractivity contribution is 0.0941. The van der Waals surface area contributed by atoms with Crippen LogP contribution in [0, 0.1) is 13.8 Å². The zero-order valence-electron chi connectivity index (χ0n) is 15.6. The fourth-order valence-corrected chi connectivity index (χ4v) is 2.86.